The number of sulfone groups is 2. The van der Waals surface area contributed by atoms with Gasteiger partial charge in [-0.25, -0.2) is 16.8 Å². The van der Waals surface area contributed by atoms with E-state index in [9.17, 15) is 16.8 Å². The summed E-state index contributed by atoms with van der Waals surface area (Å²) in [5.74, 6) is 1.78. The molecule has 0 heterocycles. The van der Waals surface area contributed by atoms with E-state index in [1.165, 1.54) is 0 Å². The Labute approximate surface area is 276 Å². The molecule has 0 radical (unpaired) electrons. The van der Waals surface area contributed by atoms with Gasteiger partial charge in [0.2, 0.25) is 19.7 Å². The number of hydrogen-bond donors (Lipinski definition) is 0. The summed E-state index contributed by atoms with van der Waals surface area (Å²) in [7, 11) is -7.25. The third kappa shape index (κ3) is 6.94. The summed E-state index contributed by atoms with van der Waals surface area (Å²) < 4.78 is 64.7. The maximum Gasteiger partial charge on any atom is 0.206 e. The smallest absolute Gasteiger partial charge is 0.206 e. The fraction of sp³-hybridized carbons (Fsp3) is 0.128. The Kier molecular flexibility index (Phi) is 8.90. The number of hydrogen-bond acceptors (Lipinski definition) is 6. The SMILES string of the molecule is CCC(Oc1ccc2ccc(Oc3ccc(S(=O)(=O)c4ccc(C)cc4)cc3)cc2c1)c1ccc(S(=O)(=O)c2ccc(C)cc2)cc1. The molecule has 1 atom stereocenters. The number of rotatable bonds is 10. The van der Waals surface area contributed by atoms with Crippen molar-refractivity contribution < 1.29 is 26.3 Å². The molecule has 0 spiro atoms. The van der Waals surface area contributed by atoms with Crippen LogP contribution >= 0.6 is 0 Å². The van der Waals surface area contributed by atoms with Crippen LogP contribution < -0.4 is 9.47 Å². The van der Waals surface area contributed by atoms with E-state index in [1.54, 1.807) is 97.1 Å². The van der Waals surface area contributed by atoms with Crippen LogP contribution in [0.1, 0.15) is 36.1 Å². The minimum Gasteiger partial charge on any atom is -0.486 e. The van der Waals surface area contributed by atoms with Crippen LogP contribution in [0.15, 0.2) is 153 Å². The Morgan fingerprint density at radius 1 is 0.489 bits per heavy atom. The molecule has 6 nitrogen and oxygen atoms in total. The van der Waals surface area contributed by atoms with Gasteiger partial charge in [0.25, 0.3) is 0 Å². The molecule has 0 aliphatic heterocycles. The van der Waals surface area contributed by atoms with Crippen molar-refractivity contribution in [3.05, 3.63) is 150 Å². The predicted molar refractivity (Wildman–Crippen MR) is 184 cm³/mol. The zero-order valence-corrected chi connectivity index (χ0v) is 27.9. The van der Waals surface area contributed by atoms with Crippen molar-refractivity contribution in [2.75, 3.05) is 0 Å². The second kappa shape index (κ2) is 13.1. The molecule has 238 valence electrons. The summed E-state index contributed by atoms with van der Waals surface area (Å²) in [6.07, 6.45) is 0.402. The number of aryl methyl sites for hydroxylation is 2. The van der Waals surface area contributed by atoms with Crippen LogP contribution in [0.2, 0.25) is 0 Å². The highest BCUT2D eigenvalue weighted by Crippen LogP contribution is 2.32. The van der Waals surface area contributed by atoms with E-state index in [0.29, 0.717) is 23.7 Å². The lowest BCUT2D eigenvalue weighted by molar-refractivity contribution is 0.201. The molecule has 0 N–H and O–H groups in total. The van der Waals surface area contributed by atoms with Gasteiger partial charge in [-0.05, 0) is 122 Å². The third-order valence-corrected chi connectivity index (χ3v) is 11.6. The second-order valence-corrected chi connectivity index (χ2v) is 15.4. The lowest BCUT2D eigenvalue weighted by atomic mass is 10.1. The van der Waals surface area contributed by atoms with Crippen molar-refractivity contribution in [2.45, 2.75) is 52.9 Å². The summed E-state index contributed by atoms with van der Waals surface area (Å²) in [4.78, 5) is 0.946. The van der Waals surface area contributed by atoms with E-state index in [1.807, 2.05) is 57.2 Å². The Morgan fingerprint density at radius 2 is 0.894 bits per heavy atom. The van der Waals surface area contributed by atoms with Crippen LogP contribution in [0, 0.1) is 13.8 Å². The molecule has 0 saturated carbocycles. The molecule has 6 aromatic carbocycles. The molecule has 0 saturated heterocycles. The number of benzene rings is 6. The summed E-state index contributed by atoms with van der Waals surface area (Å²) in [6.45, 7) is 5.85. The molecule has 0 bridgehead atoms. The summed E-state index contributed by atoms with van der Waals surface area (Å²) in [5.41, 5.74) is 2.87. The highest BCUT2D eigenvalue weighted by molar-refractivity contribution is 7.91. The van der Waals surface area contributed by atoms with E-state index in [0.717, 1.165) is 27.5 Å². The first-order valence-electron chi connectivity index (χ1n) is 15.2. The Balaban J connectivity index is 1.16. The molecule has 6 rings (SSSR count). The van der Waals surface area contributed by atoms with Gasteiger partial charge in [-0.1, -0.05) is 66.6 Å². The van der Waals surface area contributed by atoms with Gasteiger partial charge in [-0.15, -0.1) is 0 Å². The van der Waals surface area contributed by atoms with Crippen LogP contribution in [0.5, 0.6) is 17.2 Å². The maximum atomic E-state index is 13.1. The van der Waals surface area contributed by atoms with Crippen LogP contribution in [0.4, 0.5) is 0 Å². The zero-order valence-electron chi connectivity index (χ0n) is 26.3. The van der Waals surface area contributed by atoms with Gasteiger partial charge in [0.05, 0.1) is 19.6 Å². The molecule has 8 heteroatoms. The normalized spacial score (nSPS) is 12.5. The van der Waals surface area contributed by atoms with Crippen molar-refractivity contribution >= 4 is 30.4 Å². The Morgan fingerprint density at radius 3 is 1.38 bits per heavy atom. The molecular weight excluding hydrogens is 629 g/mol. The molecule has 6 aromatic rings. The fourth-order valence-electron chi connectivity index (χ4n) is 5.28. The number of fused-ring (bicyclic) bond motifs is 1. The van der Waals surface area contributed by atoms with Crippen LogP contribution in [-0.4, -0.2) is 16.8 Å². The largest absolute Gasteiger partial charge is 0.486 e. The molecule has 0 aliphatic carbocycles. The fourth-order valence-corrected chi connectivity index (χ4v) is 7.80. The van der Waals surface area contributed by atoms with E-state index in [-0.39, 0.29) is 25.7 Å². The van der Waals surface area contributed by atoms with Crippen LogP contribution in [0.25, 0.3) is 10.8 Å². The van der Waals surface area contributed by atoms with Gasteiger partial charge in [0.1, 0.15) is 23.4 Å². The lowest BCUT2D eigenvalue weighted by Gasteiger charge is -2.19. The van der Waals surface area contributed by atoms with Gasteiger partial charge in [0.15, 0.2) is 0 Å². The first-order valence-corrected chi connectivity index (χ1v) is 18.2. The first-order chi connectivity index (χ1) is 22.5. The first kappa shape index (κ1) is 32.0. The molecule has 47 heavy (non-hydrogen) atoms. The highest BCUT2D eigenvalue weighted by Gasteiger charge is 2.20. The Hall–Kier alpha value is -4.92. The van der Waals surface area contributed by atoms with Crippen molar-refractivity contribution in [1.82, 2.24) is 0 Å². The van der Waals surface area contributed by atoms with E-state index < -0.39 is 19.7 Å². The van der Waals surface area contributed by atoms with E-state index in [4.69, 9.17) is 9.47 Å². The predicted octanol–water partition coefficient (Wildman–Crippen LogP) is 9.44. The molecule has 0 aromatic heterocycles. The zero-order chi connectivity index (χ0) is 33.2. The molecule has 0 aliphatic rings. The average Bonchev–Trinajstić information content (AvgIpc) is 3.08. The number of ether oxygens (including phenoxy) is 2. The lowest BCUT2D eigenvalue weighted by Crippen LogP contribution is -2.07. The second-order valence-electron chi connectivity index (χ2n) is 11.5. The van der Waals surface area contributed by atoms with Crippen LogP contribution in [0.3, 0.4) is 0 Å². The summed E-state index contributed by atoms with van der Waals surface area (Å²) in [6, 6.07) is 38.4. The van der Waals surface area contributed by atoms with Gasteiger partial charge in [-0.2, -0.15) is 0 Å². The minimum absolute atomic E-state index is 0.196. The topological polar surface area (TPSA) is 86.7 Å². The third-order valence-electron chi connectivity index (χ3n) is 8.03. The molecule has 0 fully saturated rings. The van der Waals surface area contributed by atoms with Gasteiger partial charge < -0.3 is 9.47 Å². The van der Waals surface area contributed by atoms with E-state index >= 15 is 0 Å². The molecular formula is C39H34O6S2. The van der Waals surface area contributed by atoms with Gasteiger partial charge >= 0.3 is 0 Å². The van der Waals surface area contributed by atoms with Crippen LogP contribution in [-0.2, 0) is 19.7 Å². The summed E-state index contributed by atoms with van der Waals surface area (Å²) in [5, 5.41) is 1.91. The quantitative estimate of drug-likeness (QED) is 0.145. The standard InChI is InChI=1S/C39H34O6S2/c1-4-39(30-11-21-37(22-12-30)46(40,41)35-17-5-27(2)6-18-35)45-34-14-10-29-9-13-33(25-31(29)26-34)44-32-15-23-38(24-16-32)47(42,43)36-19-7-28(3)8-20-36/h5-26,39H,4H2,1-3H3. The summed E-state index contributed by atoms with van der Waals surface area (Å²) >= 11 is 0. The van der Waals surface area contributed by atoms with Crippen molar-refractivity contribution in [3.8, 4) is 17.2 Å². The molecule has 1 unspecified atom stereocenters. The molecule has 0 amide bonds. The van der Waals surface area contributed by atoms with E-state index in [2.05, 4.69) is 0 Å². The van der Waals surface area contributed by atoms with Gasteiger partial charge in [0, 0.05) is 0 Å². The Bertz CT molecular complexity index is 2240. The van der Waals surface area contributed by atoms with Crippen molar-refractivity contribution in [3.63, 3.8) is 0 Å². The minimum atomic E-state index is -3.63. The van der Waals surface area contributed by atoms with Gasteiger partial charge in [-0.3, -0.25) is 0 Å². The monoisotopic (exact) mass is 662 g/mol. The van der Waals surface area contributed by atoms with Crippen molar-refractivity contribution in [2.24, 2.45) is 0 Å². The maximum absolute atomic E-state index is 13.1. The highest BCUT2D eigenvalue weighted by atomic mass is 32.2. The van der Waals surface area contributed by atoms with Crippen molar-refractivity contribution in [1.29, 1.82) is 0 Å². The average molecular weight is 663 g/mol.